The highest BCUT2D eigenvalue weighted by atomic mass is 32.2. The summed E-state index contributed by atoms with van der Waals surface area (Å²) in [6.45, 7) is 2.14. The van der Waals surface area contributed by atoms with Crippen molar-refractivity contribution in [2.45, 2.75) is 17.9 Å². The Hall–Kier alpha value is -2.30. The van der Waals surface area contributed by atoms with Gasteiger partial charge in [-0.3, -0.25) is 0 Å². The van der Waals surface area contributed by atoms with Crippen LogP contribution in [0.4, 0.5) is 5.69 Å². The highest BCUT2D eigenvalue weighted by molar-refractivity contribution is 8.03. The predicted octanol–water partition coefficient (Wildman–Crippen LogP) is 4.62. The Labute approximate surface area is 165 Å². The van der Waals surface area contributed by atoms with E-state index in [-0.39, 0.29) is 0 Å². The molecule has 0 radical (unpaired) electrons. The number of benzene rings is 2. The van der Waals surface area contributed by atoms with Gasteiger partial charge in [-0.15, -0.1) is 0 Å². The van der Waals surface area contributed by atoms with Crippen LogP contribution in [-0.2, 0) is 6.54 Å². The molecule has 1 aromatic heterocycles. The molecule has 0 aliphatic carbocycles. The average Bonchev–Trinajstić information content (AvgIpc) is 2.99. The topological polar surface area (TPSA) is 10.4 Å². The number of hydrogen-bond acceptors (Lipinski definition) is 3. The molecule has 0 saturated heterocycles. The molecule has 1 aliphatic rings. The quantitative estimate of drug-likeness (QED) is 0.602. The van der Waals surface area contributed by atoms with Crippen molar-refractivity contribution in [2.75, 3.05) is 32.6 Å². The highest BCUT2D eigenvalue weighted by Gasteiger charge is 2.22. The summed E-state index contributed by atoms with van der Waals surface area (Å²) < 4.78 is 2.38. The summed E-state index contributed by atoms with van der Waals surface area (Å²) in [5.74, 6) is 0. The van der Waals surface area contributed by atoms with E-state index in [0.717, 1.165) is 19.5 Å². The molecule has 0 saturated carbocycles. The van der Waals surface area contributed by atoms with Crippen LogP contribution in [0.1, 0.15) is 12.0 Å². The maximum Gasteiger partial charge on any atom is 0.213 e. The van der Waals surface area contributed by atoms with Crippen molar-refractivity contribution in [1.29, 1.82) is 0 Å². The summed E-state index contributed by atoms with van der Waals surface area (Å²) in [6, 6.07) is 19.6. The van der Waals surface area contributed by atoms with Crippen molar-refractivity contribution >= 4 is 34.4 Å². The molecule has 0 N–H and O–H groups in total. The van der Waals surface area contributed by atoms with Gasteiger partial charge >= 0.3 is 0 Å². The zero-order chi connectivity index (χ0) is 18.8. The van der Waals surface area contributed by atoms with Gasteiger partial charge in [0.05, 0.1) is 16.1 Å². The fourth-order valence-corrected chi connectivity index (χ4v) is 4.67. The Bertz CT molecular complexity index is 994. The number of aromatic nitrogens is 1. The Kier molecular flexibility index (Phi) is 5.19. The van der Waals surface area contributed by atoms with Crippen LogP contribution in [0.5, 0.6) is 0 Å². The second kappa shape index (κ2) is 7.75. The van der Waals surface area contributed by atoms with Crippen molar-refractivity contribution in [3.63, 3.8) is 0 Å². The fraction of sp³-hybridized carbons (Fsp3) is 0.261. The summed E-state index contributed by atoms with van der Waals surface area (Å²) in [4.78, 5) is 5.85. The first-order chi connectivity index (χ1) is 13.1. The minimum Gasteiger partial charge on any atom is -0.338 e. The number of pyridine rings is 1. The molecule has 0 amide bonds. The van der Waals surface area contributed by atoms with Gasteiger partial charge in [-0.05, 0) is 43.9 Å². The van der Waals surface area contributed by atoms with Crippen LogP contribution < -0.4 is 9.47 Å². The first kappa shape index (κ1) is 18.1. The first-order valence-corrected chi connectivity index (χ1v) is 10.2. The molecule has 4 rings (SSSR count). The van der Waals surface area contributed by atoms with E-state index in [9.17, 15) is 0 Å². The molecule has 3 nitrogen and oxygen atoms in total. The standard InChI is InChI=1S/C23H26N3S/c1-24(2)14-8-15-26-16-13-18(19-9-4-5-10-20(19)26)17-23-25(3)21-11-6-7-12-22(21)27-23/h4-7,9-13,16-17H,8,14-15H2,1-3H3/q+1. The molecule has 27 heavy (non-hydrogen) atoms. The lowest BCUT2D eigenvalue weighted by Gasteiger charge is -2.13. The molecule has 0 atom stereocenters. The Morgan fingerprint density at radius 2 is 1.81 bits per heavy atom. The van der Waals surface area contributed by atoms with E-state index in [1.165, 1.54) is 32.1 Å². The van der Waals surface area contributed by atoms with Crippen molar-refractivity contribution in [3.8, 4) is 0 Å². The lowest BCUT2D eigenvalue weighted by Crippen LogP contribution is -2.35. The van der Waals surface area contributed by atoms with Crippen molar-refractivity contribution in [2.24, 2.45) is 0 Å². The maximum atomic E-state index is 2.38. The lowest BCUT2D eigenvalue weighted by molar-refractivity contribution is -0.671. The minimum absolute atomic E-state index is 1.04. The number of thioether (sulfide) groups is 1. The van der Waals surface area contributed by atoms with E-state index < -0.39 is 0 Å². The largest absolute Gasteiger partial charge is 0.338 e. The van der Waals surface area contributed by atoms with Crippen LogP contribution in [0.15, 0.2) is 70.7 Å². The molecule has 0 spiro atoms. The number of hydrogen-bond donors (Lipinski definition) is 0. The molecule has 2 heterocycles. The van der Waals surface area contributed by atoms with Crippen LogP contribution >= 0.6 is 11.8 Å². The third-order valence-corrected chi connectivity index (χ3v) is 6.18. The third kappa shape index (κ3) is 3.73. The van der Waals surface area contributed by atoms with Gasteiger partial charge in [-0.2, -0.15) is 4.57 Å². The fourth-order valence-electron chi connectivity index (χ4n) is 3.57. The van der Waals surface area contributed by atoms with Gasteiger partial charge in [-0.25, -0.2) is 0 Å². The van der Waals surface area contributed by atoms with Crippen molar-refractivity contribution in [3.05, 3.63) is 71.4 Å². The Balaban J connectivity index is 1.68. The van der Waals surface area contributed by atoms with E-state index in [1.807, 2.05) is 11.8 Å². The number of rotatable bonds is 5. The van der Waals surface area contributed by atoms with E-state index in [0.29, 0.717) is 0 Å². The van der Waals surface area contributed by atoms with Gasteiger partial charge in [-0.1, -0.05) is 36.0 Å². The molecule has 0 unspecified atom stereocenters. The van der Waals surface area contributed by atoms with Gasteiger partial charge in [0.25, 0.3) is 0 Å². The number of para-hydroxylation sites is 2. The average molecular weight is 377 g/mol. The molecular weight excluding hydrogens is 350 g/mol. The molecule has 0 bridgehead atoms. The smallest absolute Gasteiger partial charge is 0.213 e. The van der Waals surface area contributed by atoms with Gasteiger partial charge in [0.2, 0.25) is 5.52 Å². The zero-order valence-corrected chi connectivity index (χ0v) is 17.0. The van der Waals surface area contributed by atoms with E-state index in [2.05, 4.69) is 102 Å². The summed E-state index contributed by atoms with van der Waals surface area (Å²) in [7, 11) is 6.41. The Morgan fingerprint density at radius 1 is 1.04 bits per heavy atom. The van der Waals surface area contributed by atoms with Crippen LogP contribution in [0.2, 0.25) is 0 Å². The molecule has 138 valence electrons. The highest BCUT2D eigenvalue weighted by Crippen LogP contribution is 2.45. The molecule has 0 fully saturated rings. The van der Waals surface area contributed by atoms with Crippen LogP contribution in [0.25, 0.3) is 17.0 Å². The van der Waals surface area contributed by atoms with Gasteiger partial charge in [0.15, 0.2) is 6.20 Å². The van der Waals surface area contributed by atoms with Crippen LogP contribution in [0.3, 0.4) is 0 Å². The first-order valence-electron chi connectivity index (χ1n) is 9.42. The second-order valence-corrected chi connectivity index (χ2v) is 8.31. The molecule has 2 aromatic carbocycles. The Morgan fingerprint density at radius 3 is 2.63 bits per heavy atom. The van der Waals surface area contributed by atoms with E-state index in [4.69, 9.17) is 0 Å². The zero-order valence-electron chi connectivity index (χ0n) is 16.2. The summed E-state index contributed by atoms with van der Waals surface area (Å²) in [5, 5.41) is 2.58. The third-order valence-electron chi connectivity index (χ3n) is 5.01. The predicted molar refractivity (Wildman–Crippen MR) is 116 cm³/mol. The number of fused-ring (bicyclic) bond motifs is 2. The number of nitrogens with zero attached hydrogens (tertiary/aromatic N) is 3. The second-order valence-electron chi connectivity index (χ2n) is 7.25. The summed E-state index contributed by atoms with van der Waals surface area (Å²) >= 11 is 1.84. The minimum atomic E-state index is 1.04. The van der Waals surface area contributed by atoms with E-state index in [1.54, 1.807) is 0 Å². The summed E-state index contributed by atoms with van der Waals surface area (Å²) in [6.07, 6.45) is 5.70. The summed E-state index contributed by atoms with van der Waals surface area (Å²) in [5.41, 5.74) is 3.86. The van der Waals surface area contributed by atoms with Crippen LogP contribution in [-0.4, -0.2) is 32.6 Å². The normalized spacial score (nSPS) is 15.1. The van der Waals surface area contributed by atoms with Gasteiger partial charge in [0, 0.05) is 37.0 Å². The SMILES string of the molecule is CN(C)CCC[n+]1ccc(/C=C2\Sc3ccccc3N2C)c2ccccc21. The van der Waals surface area contributed by atoms with Crippen molar-refractivity contribution < 1.29 is 4.57 Å². The monoisotopic (exact) mass is 376 g/mol. The van der Waals surface area contributed by atoms with E-state index >= 15 is 0 Å². The lowest BCUT2D eigenvalue weighted by atomic mass is 10.1. The maximum absolute atomic E-state index is 2.38. The van der Waals surface area contributed by atoms with Crippen LogP contribution in [0, 0.1) is 0 Å². The van der Waals surface area contributed by atoms with Gasteiger partial charge < -0.3 is 9.80 Å². The molecule has 3 aromatic rings. The molecule has 4 heteroatoms. The molecule has 1 aliphatic heterocycles. The molecular formula is C23H26N3S+. The van der Waals surface area contributed by atoms with Gasteiger partial charge in [0.1, 0.15) is 6.54 Å². The number of aryl methyl sites for hydroxylation is 1. The number of anilines is 1. The van der Waals surface area contributed by atoms with Crippen molar-refractivity contribution in [1.82, 2.24) is 4.90 Å².